The van der Waals surface area contributed by atoms with Crippen LogP contribution in [0.15, 0.2) is 16.7 Å². The first-order chi connectivity index (χ1) is 8.65. The largest absolute Gasteiger partial charge is 0.486 e. The van der Waals surface area contributed by atoms with E-state index in [4.69, 9.17) is 9.47 Å². The molecule has 0 atom stereocenters. The second kappa shape index (κ2) is 4.31. The zero-order valence-electron chi connectivity index (χ0n) is 10.2. The van der Waals surface area contributed by atoms with Gasteiger partial charge in [0.15, 0.2) is 11.5 Å². The molecule has 3 rings (SSSR count). The lowest BCUT2D eigenvalue weighted by Crippen LogP contribution is -2.15. The molecule has 0 fully saturated rings. The van der Waals surface area contributed by atoms with E-state index in [-0.39, 0.29) is 0 Å². The minimum absolute atomic E-state index is 0.594. The molecule has 1 aliphatic heterocycles. The predicted molar refractivity (Wildman–Crippen MR) is 72.2 cm³/mol. The van der Waals surface area contributed by atoms with Gasteiger partial charge in [0.05, 0.1) is 0 Å². The molecule has 0 radical (unpaired) electrons. The van der Waals surface area contributed by atoms with E-state index in [1.54, 1.807) is 0 Å². The van der Waals surface area contributed by atoms with E-state index >= 15 is 0 Å². The lowest BCUT2D eigenvalue weighted by molar-refractivity contribution is 0.171. The Kier molecular flexibility index (Phi) is 2.78. The fourth-order valence-electron chi connectivity index (χ4n) is 2.09. The maximum atomic E-state index is 5.61. The molecule has 2 heterocycles. The highest BCUT2D eigenvalue weighted by molar-refractivity contribution is 9.10. The van der Waals surface area contributed by atoms with Gasteiger partial charge in [-0.2, -0.15) is 0 Å². The smallest absolute Gasteiger partial charge is 0.162 e. The first-order valence-corrected chi connectivity index (χ1v) is 6.57. The van der Waals surface area contributed by atoms with Crippen LogP contribution in [-0.2, 0) is 0 Å². The fourth-order valence-corrected chi connectivity index (χ4v) is 2.68. The number of halogens is 1. The third-order valence-corrected chi connectivity index (χ3v) is 3.50. The Morgan fingerprint density at radius 3 is 2.44 bits per heavy atom. The Morgan fingerprint density at radius 2 is 1.83 bits per heavy atom. The van der Waals surface area contributed by atoms with E-state index in [0.29, 0.717) is 13.2 Å². The normalized spacial score (nSPS) is 13.7. The molecule has 2 aromatic rings. The predicted octanol–water partition coefficient (Wildman–Crippen LogP) is 3.23. The third-order valence-electron chi connectivity index (χ3n) is 2.92. The van der Waals surface area contributed by atoms with Crippen LogP contribution in [0.4, 0.5) is 0 Å². The standard InChI is InChI=1S/C13H13BrN2O2/c1-7-5-10-11(18-4-3-17-10)6-9(7)12-13(14)16-8(2)15-12/h5-6H,3-4H2,1-2H3,(H,15,16). The Labute approximate surface area is 113 Å². The average Bonchev–Trinajstić information content (AvgIpc) is 2.67. The second-order valence-corrected chi connectivity index (χ2v) is 5.09. The molecule has 0 spiro atoms. The fraction of sp³-hybridized carbons (Fsp3) is 0.308. The van der Waals surface area contributed by atoms with Crippen molar-refractivity contribution in [3.8, 4) is 22.8 Å². The van der Waals surface area contributed by atoms with Gasteiger partial charge in [0.25, 0.3) is 0 Å². The van der Waals surface area contributed by atoms with E-state index in [0.717, 1.165) is 38.7 Å². The molecule has 1 N–H and O–H groups in total. The summed E-state index contributed by atoms with van der Waals surface area (Å²) in [4.78, 5) is 7.64. The van der Waals surface area contributed by atoms with Gasteiger partial charge in [-0.1, -0.05) is 0 Å². The van der Waals surface area contributed by atoms with Gasteiger partial charge in [-0.05, 0) is 47.5 Å². The van der Waals surface area contributed by atoms with Crippen molar-refractivity contribution in [3.63, 3.8) is 0 Å². The van der Waals surface area contributed by atoms with Crippen LogP contribution >= 0.6 is 15.9 Å². The summed E-state index contributed by atoms with van der Waals surface area (Å²) in [5.74, 6) is 2.48. The molecule has 0 saturated heterocycles. The van der Waals surface area contributed by atoms with Gasteiger partial charge in [0.1, 0.15) is 29.3 Å². The number of fused-ring (bicyclic) bond motifs is 1. The van der Waals surface area contributed by atoms with Crippen LogP contribution in [-0.4, -0.2) is 23.2 Å². The summed E-state index contributed by atoms with van der Waals surface area (Å²) in [6.07, 6.45) is 0. The van der Waals surface area contributed by atoms with Gasteiger partial charge < -0.3 is 14.5 Å². The monoisotopic (exact) mass is 308 g/mol. The summed E-state index contributed by atoms with van der Waals surface area (Å²) in [7, 11) is 0. The van der Waals surface area contributed by atoms with E-state index < -0.39 is 0 Å². The van der Waals surface area contributed by atoms with Gasteiger partial charge in [-0.25, -0.2) is 4.98 Å². The topological polar surface area (TPSA) is 47.1 Å². The second-order valence-electron chi connectivity index (χ2n) is 4.30. The summed E-state index contributed by atoms with van der Waals surface area (Å²) < 4.78 is 12.1. The summed E-state index contributed by atoms with van der Waals surface area (Å²) in [6, 6.07) is 3.99. The molecule has 5 heteroatoms. The van der Waals surface area contributed by atoms with E-state index in [1.165, 1.54) is 0 Å². The molecule has 0 saturated carbocycles. The number of H-pyrrole nitrogens is 1. The number of aromatic amines is 1. The summed E-state index contributed by atoms with van der Waals surface area (Å²) >= 11 is 3.49. The number of benzene rings is 1. The van der Waals surface area contributed by atoms with Crippen LogP contribution in [0.3, 0.4) is 0 Å². The molecule has 4 nitrogen and oxygen atoms in total. The Hall–Kier alpha value is -1.49. The number of nitrogens with zero attached hydrogens (tertiary/aromatic N) is 1. The van der Waals surface area contributed by atoms with Crippen LogP contribution in [0.25, 0.3) is 11.3 Å². The lowest BCUT2D eigenvalue weighted by Gasteiger charge is -2.20. The average molecular weight is 309 g/mol. The number of nitrogens with one attached hydrogen (secondary N) is 1. The van der Waals surface area contributed by atoms with Crippen molar-refractivity contribution >= 4 is 15.9 Å². The van der Waals surface area contributed by atoms with Crippen molar-refractivity contribution in [2.24, 2.45) is 0 Å². The molecular formula is C13H13BrN2O2. The Balaban J connectivity index is 2.15. The maximum Gasteiger partial charge on any atom is 0.162 e. The van der Waals surface area contributed by atoms with Crippen LogP contribution in [0.1, 0.15) is 11.4 Å². The molecular weight excluding hydrogens is 296 g/mol. The van der Waals surface area contributed by atoms with Gasteiger partial charge in [0, 0.05) is 5.56 Å². The van der Waals surface area contributed by atoms with Gasteiger partial charge >= 0.3 is 0 Å². The highest BCUT2D eigenvalue weighted by Gasteiger charge is 2.17. The van der Waals surface area contributed by atoms with Crippen molar-refractivity contribution in [2.75, 3.05) is 13.2 Å². The highest BCUT2D eigenvalue weighted by Crippen LogP contribution is 2.38. The summed E-state index contributed by atoms with van der Waals surface area (Å²) in [5.41, 5.74) is 3.07. The SMILES string of the molecule is Cc1nc(-c2cc3c(cc2C)OCCO3)c(Br)[nH]1. The lowest BCUT2D eigenvalue weighted by atomic mass is 10.0. The zero-order valence-corrected chi connectivity index (χ0v) is 11.8. The van der Waals surface area contributed by atoms with E-state index in [2.05, 4.69) is 25.9 Å². The number of ether oxygens (including phenoxy) is 2. The third kappa shape index (κ3) is 1.88. The first kappa shape index (κ1) is 11.6. The van der Waals surface area contributed by atoms with Crippen LogP contribution in [0, 0.1) is 13.8 Å². The van der Waals surface area contributed by atoms with Gasteiger partial charge in [0.2, 0.25) is 0 Å². The molecule has 18 heavy (non-hydrogen) atoms. The summed E-state index contributed by atoms with van der Waals surface area (Å²) in [6.45, 7) is 5.18. The maximum absolute atomic E-state index is 5.61. The van der Waals surface area contributed by atoms with Crippen molar-refractivity contribution in [3.05, 3.63) is 28.1 Å². The van der Waals surface area contributed by atoms with Crippen molar-refractivity contribution in [1.82, 2.24) is 9.97 Å². The highest BCUT2D eigenvalue weighted by atomic mass is 79.9. The molecule has 0 bridgehead atoms. The zero-order chi connectivity index (χ0) is 12.7. The minimum Gasteiger partial charge on any atom is -0.486 e. The molecule has 1 aromatic heterocycles. The molecule has 0 unspecified atom stereocenters. The van der Waals surface area contributed by atoms with E-state index in [1.807, 2.05) is 26.0 Å². The molecule has 0 aliphatic carbocycles. The minimum atomic E-state index is 0.594. The van der Waals surface area contributed by atoms with Crippen LogP contribution in [0.2, 0.25) is 0 Å². The number of hydrogen-bond donors (Lipinski definition) is 1. The number of aromatic nitrogens is 2. The van der Waals surface area contributed by atoms with Crippen LogP contribution in [0.5, 0.6) is 11.5 Å². The summed E-state index contributed by atoms with van der Waals surface area (Å²) in [5, 5.41) is 0. The van der Waals surface area contributed by atoms with Gasteiger partial charge in [-0.15, -0.1) is 0 Å². The molecule has 1 aromatic carbocycles. The first-order valence-electron chi connectivity index (χ1n) is 5.78. The Bertz CT molecular complexity index is 607. The molecule has 1 aliphatic rings. The number of aryl methyl sites for hydroxylation is 2. The quantitative estimate of drug-likeness (QED) is 0.880. The number of rotatable bonds is 1. The Morgan fingerprint density at radius 1 is 1.17 bits per heavy atom. The van der Waals surface area contributed by atoms with Crippen molar-refractivity contribution < 1.29 is 9.47 Å². The number of imidazole rings is 1. The number of hydrogen-bond acceptors (Lipinski definition) is 3. The van der Waals surface area contributed by atoms with Crippen LogP contribution < -0.4 is 9.47 Å². The van der Waals surface area contributed by atoms with Gasteiger partial charge in [-0.3, -0.25) is 0 Å². The van der Waals surface area contributed by atoms with E-state index in [9.17, 15) is 0 Å². The molecule has 0 amide bonds. The van der Waals surface area contributed by atoms with Crippen molar-refractivity contribution in [2.45, 2.75) is 13.8 Å². The molecule has 94 valence electrons. The van der Waals surface area contributed by atoms with Crippen molar-refractivity contribution in [1.29, 1.82) is 0 Å².